The highest BCUT2D eigenvalue weighted by atomic mass is 35.5. The number of aliphatic hydroxyl groups excluding tert-OH is 1. The van der Waals surface area contributed by atoms with Crippen LogP contribution < -0.4 is 15.8 Å². The smallest absolute Gasteiger partial charge is 0.287 e. The third-order valence-electron chi connectivity index (χ3n) is 4.72. The molecule has 1 aromatic rings. The molecule has 3 heterocycles. The molecule has 2 fully saturated rings. The fourth-order valence-electron chi connectivity index (χ4n) is 3.73. The lowest BCUT2D eigenvalue weighted by atomic mass is 9.93. The number of aliphatic hydroxyl groups is 1. The van der Waals surface area contributed by atoms with Gasteiger partial charge in [-0.2, -0.15) is 5.10 Å². The van der Waals surface area contributed by atoms with Gasteiger partial charge in [0.2, 0.25) is 0 Å². The van der Waals surface area contributed by atoms with E-state index in [0.29, 0.717) is 17.9 Å². The highest BCUT2D eigenvalue weighted by molar-refractivity contribution is 6.33. The first-order valence-corrected chi connectivity index (χ1v) is 7.89. The van der Waals surface area contributed by atoms with Crippen molar-refractivity contribution in [3.63, 3.8) is 0 Å². The van der Waals surface area contributed by atoms with Gasteiger partial charge in [0.05, 0.1) is 25.0 Å². The van der Waals surface area contributed by atoms with Crippen LogP contribution in [0.1, 0.15) is 13.3 Å². The van der Waals surface area contributed by atoms with Crippen LogP contribution in [0.3, 0.4) is 0 Å². The molecule has 2 aliphatic rings. The van der Waals surface area contributed by atoms with Gasteiger partial charge < -0.3 is 15.3 Å². The predicted molar refractivity (Wildman–Crippen MR) is 81.9 cm³/mol. The molecule has 3 rings (SSSR count). The average Bonchev–Trinajstić information content (AvgIpc) is 3.04. The monoisotopic (exact) mass is 312 g/mol. The standard InChI is InChI=1S/C14H21ClN4O2/c1-2-11-10-6-16-5-9(10)8-18(11)12-7-17-19(3-4-20)14(21)13(12)15/h7,9-11,16,20H,2-6,8H2,1H3. The zero-order valence-corrected chi connectivity index (χ0v) is 12.9. The Hall–Kier alpha value is -1.11. The fraction of sp³-hybridized carbons (Fsp3) is 0.714. The van der Waals surface area contributed by atoms with Gasteiger partial charge in [-0.1, -0.05) is 18.5 Å². The Balaban J connectivity index is 1.93. The van der Waals surface area contributed by atoms with Crippen LogP contribution in [0, 0.1) is 11.8 Å². The minimum Gasteiger partial charge on any atom is -0.394 e. The summed E-state index contributed by atoms with van der Waals surface area (Å²) in [6, 6.07) is 0.400. The zero-order valence-electron chi connectivity index (χ0n) is 12.1. The molecule has 0 saturated carbocycles. The van der Waals surface area contributed by atoms with Crippen molar-refractivity contribution < 1.29 is 5.11 Å². The third kappa shape index (κ3) is 2.45. The van der Waals surface area contributed by atoms with Crippen LogP contribution in [0.4, 0.5) is 5.69 Å². The van der Waals surface area contributed by atoms with Crippen LogP contribution in [0.2, 0.25) is 5.02 Å². The largest absolute Gasteiger partial charge is 0.394 e. The number of nitrogens with one attached hydrogen (secondary N) is 1. The fourth-order valence-corrected chi connectivity index (χ4v) is 3.99. The number of fused-ring (bicyclic) bond motifs is 1. The van der Waals surface area contributed by atoms with Gasteiger partial charge in [-0.15, -0.1) is 0 Å². The Kier molecular flexibility index (Phi) is 4.19. The van der Waals surface area contributed by atoms with E-state index in [1.807, 2.05) is 0 Å². The maximum atomic E-state index is 12.2. The lowest BCUT2D eigenvalue weighted by molar-refractivity contribution is 0.266. The van der Waals surface area contributed by atoms with Crippen molar-refractivity contribution >= 4 is 17.3 Å². The highest BCUT2D eigenvalue weighted by Gasteiger charge is 2.44. The maximum absolute atomic E-state index is 12.2. The lowest BCUT2D eigenvalue weighted by Gasteiger charge is -2.29. The number of nitrogens with zero attached hydrogens (tertiary/aromatic N) is 3. The van der Waals surface area contributed by atoms with Gasteiger partial charge in [0.15, 0.2) is 0 Å². The summed E-state index contributed by atoms with van der Waals surface area (Å²) in [5.74, 6) is 1.23. The Bertz CT molecular complexity index is 577. The van der Waals surface area contributed by atoms with Gasteiger partial charge in [-0.05, 0) is 18.3 Å². The predicted octanol–water partition coefficient (Wildman–Crippen LogP) is 0.323. The van der Waals surface area contributed by atoms with E-state index in [0.717, 1.165) is 31.7 Å². The first kappa shape index (κ1) is 14.8. The number of rotatable bonds is 4. The Morgan fingerprint density at radius 1 is 1.52 bits per heavy atom. The molecule has 2 aliphatic heterocycles. The molecule has 3 unspecified atom stereocenters. The van der Waals surface area contributed by atoms with Gasteiger partial charge in [-0.25, -0.2) is 4.68 Å². The summed E-state index contributed by atoms with van der Waals surface area (Å²) in [6.45, 7) is 5.20. The van der Waals surface area contributed by atoms with Crippen LogP contribution in [-0.4, -0.2) is 47.2 Å². The van der Waals surface area contributed by atoms with E-state index in [1.165, 1.54) is 4.68 Å². The molecule has 0 aromatic carbocycles. The summed E-state index contributed by atoms with van der Waals surface area (Å²) in [5, 5.41) is 16.7. The van der Waals surface area contributed by atoms with E-state index in [-0.39, 0.29) is 23.7 Å². The van der Waals surface area contributed by atoms with E-state index < -0.39 is 0 Å². The van der Waals surface area contributed by atoms with E-state index in [2.05, 4.69) is 22.2 Å². The number of halogens is 1. The Morgan fingerprint density at radius 3 is 3.05 bits per heavy atom. The second-order valence-electron chi connectivity index (χ2n) is 5.81. The average molecular weight is 313 g/mol. The van der Waals surface area contributed by atoms with Crippen LogP contribution in [0.5, 0.6) is 0 Å². The van der Waals surface area contributed by atoms with E-state index in [9.17, 15) is 4.79 Å². The molecule has 0 bridgehead atoms. The van der Waals surface area contributed by atoms with E-state index in [4.69, 9.17) is 16.7 Å². The molecule has 7 heteroatoms. The topological polar surface area (TPSA) is 70.4 Å². The molecule has 1 aromatic heterocycles. The summed E-state index contributed by atoms with van der Waals surface area (Å²) in [4.78, 5) is 14.4. The SMILES string of the molecule is CCC1C2CNCC2CN1c1cnn(CCO)c(=O)c1Cl. The van der Waals surface area contributed by atoms with Crippen LogP contribution in [0.25, 0.3) is 0 Å². The lowest BCUT2D eigenvalue weighted by Crippen LogP contribution is -2.37. The molecule has 0 radical (unpaired) electrons. The molecule has 0 aliphatic carbocycles. The quantitative estimate of drug-likeness (QED) is 0.838. The zero-order chi connectivity index (χ0) is 15.0. The van der Waals surface area contributed by atoms with Gasteiger partial charge in [0.25, 0.3) is 5.56 Å². The number of anilines is 1. The number of hydrogen-bond acceptors (Lipinski definition) is 5. The van der Waals surface area contributed by atoms with Crippen molar-refractivity contribution in [1.29, 1.82) is 0 Å². The normalized spacial score (nSPS) is 28.1. The summed E-state index contributed by atoms with van der Waals surface area (Å²) in [6.07, 6.45) is 2.69. The van der Waals surface area contributed by atoms with E-state index in [1.54, 1.807) is 6.20 Å². The molecule has 0 amide bonds. The van der Waals surface area contributed by atoms with Crippen molar-refractivity contribution in [3.05, 3.63) is 21.6 Å². The van der Waals surface area contributed by atoms with Gasteiger partial charge in [0, 0.05) is 25.7 Å². The van der Waals surface area contributed by atoms with Crippen molar-refractivity contribution in [2.75, 3.05) is 31.1 Å². The third-order valence-corrected chi connectivity index (χ3v) is 5.08. The molecule has 21 heavy (non-hydrogen) atoms. The minimum absolute atomic E-state index is 0.125. The Morgan fingerprint density at radius 2 is 2.33 bits per heavy atom. The van der Waals surface area contributed by atoms with Gasteiger partial charge in [0.1, 0.15) is 5.02 Å². The molecular formula is C14H21ClN4O2. The first-order valence-electron chi connectivity index (χ1n) is 7.51. The summed E-state index contributed by atoms with van der Waals surface area (Å²) in [7, 11) is 0. The maximum Gasteiger partial charge on any atom is 0.287 e. The summed E-state index contributed by atoms with van der Waals surface area (Å²) in [5.41, 5.74) is 0.408. The summed E-state index contributed by atoms with van der Waals surface area (Å²) >= 11 is 6.28. The van der Waals surface area contributed by atoms with Crippen LogP contribution in [0.15, 0.2) is 11.0 Å². The molecule has 0 spiro atoms. The van der Waals surface area contributed by atoms with Crippen LogP contribution in [-0.2, 0) is 6.54 Å². The molecule has 2 saturated heterocycles. The molecular weight excluding hydrogens is 292 g/mol. The molecule has 3 atom stereocenters. The van der Waals surface area contributed by atoms with Gasteiger partial charge >= 0.3 is 0 Å². The molecule has 6 nitrogen and oxygen atoms in total. The van der Waals surface area contributed by atoms with Crippen LogP contribution >= 0.6 is 11.6 Å². The second kappa shape index (κ2) is 5.94. The Labute approximate surface area is 128 Å². The second-order valence-corrected chi connectivity index (χ2v) is 6.18. The molecule has 116 valence electrons. The number of hydrogen-bond donors (Lipinski definition) is 2. The van der Waals surface area contributed by atoms with Crippen molar-refractivity contribution in [1.82, 2.24) is 15.1 Å². The first-order chi connectivity index (χ1) is 10.2. The molecule has 2 N–H and O–H groups in total. The van der Waals surface area contributed by atoms with Crippen molar-refractivity contribution in [2.45, 2.75) is 25.9 Å². The van der Waals surface area contributed by atoms with Gasteiger partial charge in [-0.3, -0.25) is 4.79 Å². The minimum atomic E-state index is -0.326. The van der Waals surface area contributed by atoms with E-state index >= 15 is 0 Å². The summed E-state index contributed by atoms with van der Waals surface area (Å²) < 4.78 is 1.21. The van der Waals surface area contributed by atoms with Crippen molar-refractivity contribution in [2.24, 2.45) is 11.8 Å². The number of aromatic nitrogens is 2. The highest BCUT2D eigenvalue weighted by Crippen LogP contribution is 2.38. The van der Waals surface area contributed by atoms with Crippen molar-refractivity contribution in [3.8, 4) is 0 Å².